The summed E-state index contributed by atoms with van der Waals surface area (Å²) in [4.78, 5) is 19.4. The zero-order chi connectivity index (χ0) is 20.3. The van der Waals surface area contributed by atoms with Gasteiger partial charge in [-0.1, -0.05) is 43.2 Å². The van der Waals surface area contributed by atoms with E-state index >= 15 is 0 Å². The smallest absolute Gasteiger partial charge is 0.277 e. The Morgan fingerprint density at radius 2 is 1.87 bits per heavy atom. The number of amides is 1. The first kappa shape index (κ1) is 20.0. The number of likely N-dealkylation sites (tertiary alicyclic amines) is 1. The zero-order valence-corrected chi connectivity index (χ0v) is 18.6. The van der Waals surface area contributed by atoms with E-state index in [-0.39, 0.29) is 5.91 Å². The zero-order valence-electron chi connectivity index (χ0n) is 17.0. The number of carbonyl (C=O) groups excluding carboxylic acids is 1. The largest absolute Gasteiger partial charge is 0.416 e. The van der Waals surface area contributed by atoms with Crippen molar-refractivity contribution in [1.29, 1.82) is 0 Å². The van der Waals surface area contributed by atoms with Gasteiger partial charge in [0.25, 0.3) is 5.22 Å². The molecule has 2 aliphatic rings. The fraction of sp³-hybridized carbons (Fsp3) is 0.545. The van der Waals surface area contributed by atoms with Crippen molar-refractivity contribution < 1.29 is 9.21 Å². The molecule has 3 heterocycles. The Hall–Kier alpha value is -1.93. The maximum absolute atomic E-state index is 12.7. The van der Waals surface area contributed by atoms with Gasteiger partial charge in [0.15, 0.2) is 0 Å². The van der Waals surface area contributed by atoms with Gasteiger partial charge in [-0.25, -0.2) is 4.98 Å². The Kier molecular flexibility index (Phi) is 6.04. The number of thiazole rings is 1. The van der Waals surface area contributed by atoms with Gasteiger partial charge in [0.05, 0.1) is 21.0 Å². The Balaban J connectivity index is 1.11. The van der Waals surface area contributed by atoms with Gasteiger partial charge in [-0.15, -0.1) is 21.5 Å². The van der Waals surface area contributed by atoms with Gasteiger partial charge < -0.3 is 9.32 Å². The van der Waals surface area contributed by atoms with E-state index in [0.29, 0.717) is 22.8 Å². The normalized spacial score (nSPS) is 18.9. The summed E-state index contributed by atoms with van der Waals surface area (Å²) in [7, 11) is 0. The second kappa shape index (κ2) is 9.06. The van der Waals surface area contributed by atoms with Gasteiger partial charge in [0, 0.05) is 24.9 Å². The lowest BCUT2D eigenvalue weighted by Gasteiger charge is -2.31. The molecule has 158 valence electrons. The van der Waals surface area contributed by atoms with Crippen molar-refractivity contribution in [3.8, 4) is 0 Å². The molecular weight excluding hydrogens is 416 g/mol. The molecule has 2 aromatic heterocycles. The quantitative estimate of drug-likeness (QED) is 0.504. The highest BCUT2D eigenvalue weighted by molar-refractivity contribution is 7.99. The minimum absolute atomic E-state index is 0.153. The van der Waals surface area contributed by atoms with Crippen LogP contribution in [0.2, 0.25) is 0 Å². The van der Waals surface area contributed by atoms with Gasteiger partial charge in [-0.3, -0.25) is 4.79 Å². The summed E-state index contributed by atoms with van der Waals surface area (Å²) in [6.07, 6.45) is 7.99. The molecule has 2 fully saturated rings. The van der Waals surface area contributed by atoms with Crippen molar-refractivity contribution in [1.82, 2.24) is 20.1 Å². The van der Waals surface area contributed by atoms with Crippen molar-refractivity contribution in [2.75, 3.05) is 18.8 Å². The lowest BCUT2D eigenvalue weighted by Crippen LogP contribution is -2.38. The first-order chi connectivity index (χ1) is 14.8. The maximum Gasteiger partial charge on any atom is 0.277 e. The second-order valence-electron chi connectivity index (χ2n) is 8.20. The standard InChI is InChI=1S/C22H26N4O2S2/c27-19(14-29-22-25-24-20(28-22)15-6-2-1-3-7-15)26-12-10-16(11-13-26)21-23-17-8-4-5-9-18(17)30-21/h4-5,8-9,15-16H,1-3,6-7,10-14H2. The average molecular weight is 443 g/mol. The van der Waals surface area contributed by atoms with Crippen LogP contribution in [-0.2, 0) is 4.79 Å². The number of carbonyl (C=O) groups is 1. The fourth-order valence-corrected chi connectivity index (χ4v) is 6.26. The van der Waals surface area contributed by atoms with E-state index < -0.39 is 0 Å². The lowest BCUT2D eigenvalue weighted by atomic mass is 9.89. The molecule has 1 aliphatic heterocycles. The van der Waals surface area contributed by atoms with Crippen molar-refractivity contribution in [3.05, 3.63) is 35.2 Å². The summed E-state index contributed by atoms with van der Waals surface area (Å²) in [5.74, 6) is 2.12. The Labute approximate surface area is 184 Å². The number of hydrogen-bond donors (Lipinski definition) is 0. The van der Waals surface area contributed by atoms with E-state index in [1.807, 2.05) is 11.0 Å². The van der Waals surface area contributed by atoms with Crippen LogP contribution >= 0.6 is 23.1 Å². The molecule has 1 saturated carbocycles. The number of thioether (sulfide) groups is 1. The maximum atomic E-state index is 12.7. The number of rotatable bonds is 5. The third kappa shape index (κ3) is 4.39. The molecule has 30 heavy (non-hydrogen) atoms. The Morgan fingerprint density at radius 1 is 1.07 bits per heavy atom. The summed E-state index contributed by atoms with van der Waals surface area (Å²) in [6.45, 7) is 1.58. The Bertz CT molecular complexity index is 970. The van der Waals surface area contributed by atoms with Crippen LogP contribution in [0, 0.1) is 0 Å². The lowest BCUT2D eigenvalue weighted by molar-refractivity contribution is -0.129. The third-order valence-corrected chi connectivity index (χ3v) is 8.21. The van der Waals surface area contributed by atoms with E-state index in [9.17, 15) is 4.79 Å². The molecule has 0 radical (unpaired) electrons. The van der Waals surface area contributed by atoms with Crippen LogP contribution in [0.3, 0.4) is 0 Å². The van der Waals surface area contributed by atoms with Crippen LogP contribution in [0.5, 0.6) is 0 Å². The molecule has 5 rings (SSSR count). The van der Waals surface area contributed by atoms with Crippen LogP contribution in [0.25, 0.3) is 10.2 Å². The van der Waals surface area contributed by atoms with Crippen molar-refractivity contribution >= 4 is 39.2 Å². The molecular formula is C22H26N4O2S2. The molecule has 3 aromatic rings. The van der Waals surface area contributed by atoms with Crippen molar-refractivity contribution in [2.45, 2.75) is 62.0 Å². The summed E-state index contributed by atoms with van der Waals surface area (Å²) in [5, 5.41) is 10.1. The number of piperidine rings is 1. The van der Waals surface area contributed by atoms with Crippen LogP contribution < -0.4 is 0 Å². The van der Waals surface area contributed by atoms with Crippen LogP contribution in [-0.4, -0.2) is 44.8 Å². The van der Waals surface area contributed by atoms with Crippen molar-refractivity contribution in [2.24, 2.45) is 0 Å². The molecule has 0 atom stereocenters. The SMILES string of the molecule is O=C(CSc1nnc(C2CCCCC2)o1)N1CCC(c2nc3ccccc3s2)CC1. The average Bonchev–Trinajstić information content (AvgIpc) is 3.45. The molecule has 0 bridgehead atoms. The predicted octanol–water partition coefficient (Wildman–Crippen LogP) is 5.23. The fourth-order valence-electron chi connectivity index (χ4n) is 4.45. The van der Waals surface area contributed by atoms with Gasteiger partial charge in [0.1, 0.15) is 0 Å². The van der Waals surface area contributed by atoms with E-state index in [0.717, 1.165) is 50.2 Å². The summed E-state index contributed by atoms with van der Waals surface area (Å²) in [6, 6.07) is 8.29. The van der Waals surface area contributed by atoms with Crippen LogP contribution in [0.15, 0.2) is 33.9 Å². The number of para-hydroxylation sites is 1. The predicted molar refractivity (Wildman–Crippen MR) is 119 cm³/mol. The monoisotopic (exact) mass is 442 g/mol. The van der Waals surface area contributed by atoms with Gasteiger partial charge in [-0.2, -0.15) is 0 Å². The van der Waals surface area contributed by atoms with Gasteiger partial charge in [0.2, 0.25) is 11.8 Å². The minimum atomic E-state index is 0.153. The third-order valence-electron chi connectivity index (χ3n) is 6.20. The molecule has 0 unspecified atom stereocenters. The topological polar surface area (TPSA) is 72.1 Å². The van der Waals surface area contributed by atoms with E-state index in [1.54, 1.807) is 11.3 Å². The molecule has 1 amide bonds. The molecule has 1 aromatic carbocycles. The molecule has 1 saturated heterocycles. The minimum Gasteiger partial charge on any atom is -0.416 e. The number of aromatic nitrogens is 3. The Morgan fingerprint density at radius 3 is 2.67 bits per heavy atom. The second-order valence-corrected chi connectivity index (χ2v) is 10.2. The number of benzene rings is 1. The molecule has 1 aliphatic carbocycles. The van der Waals surface area contributed by atoms with Crippen LogP contribution in [0.4, 0.5) is 0 Å². The molecule has 6 nitrogen and oxygen atoms in total. The summed E-state index contributed by atoms with van der Waals surface area (Å²) < 4.78 is 7.07. The van der Waals surface area contributed by atoms with Gasteiger partial charge in [-0.05, 0) is 37.8 Å². The number of hydrogen-bond acceptors (Lipinski definition) is 7. The molecule has 0 N–H and O–H groups in total. The summed E-state index contributed by atoms with van der Waals surface area (Å²) >= 11 is 3.15. The molecule has 8 heteroatoms. The number of nitrogens with zero attached hydrogens (tertiary/aromatic N) is 4. The van der Waals surface area contributed by atoms with Crippen LogP contribution in [0.1, 0.15) is 67.7 Å². The van der Waals surface area contributed by atoms with Gasteiger partial charge >= 0.3 is 0 Å². The summed E-state index contributed by atoms with van der Waals surface area (Å²) in [5.41, 5.74) is 1.08. The highest BCUT2D eigenvalue weighted by Gasteiger charge is 2.27. The van der Waals surface area contributed by atoms with E-state index in [1.165, 1.54) is 40.7 Å². The number of fused-ring (bicyclic) bond motifs is 1. The van der Waals surface area contributed by atoms with E-state index in [4.69, 9.17) is 9.40 Å². The highest BCUT2D eigenvalue weighted by atomic mass is 32.2. The molecule has 0 spiro atoms. The van der Waals surface area contributed by atoms with Crippen molar-refractivity contribution in [3.63, 3.8) is 0 Å². The first-order valence-corrected chi connectivity index (χ1v) is 12.7. The van der Waals surface area contributed by atoms with E-state index in [2.05, 4.69) is 28.4 Å². The highest BCUT2D eigenvalue weighted by Crippen LogP contribution is 2.35. The first-order valence-electron chi connectivity index (χ1n) is 10.9.